The molecule has 2 aromatic rings. The molecule has 0 radical (unpaired) electrons. The van der Waals surface area contributed by atoms with Crippen LogP contribution in [0.2, 0.25) is 0 Å². The lowest BCUT2D eigenvalue weighted by atomic mass is 10.1. The molecule has 1 amide bonds. The van der Waals surface area contributed by atoms with E-state index in [1.165, 1.54) is 6.33 Å². The van der Waals surface area contributed by atoms with Gasteiger partial charge in [0.15, 0.2) is 5.65 Å². The zero-order chi connectivity index (χ0) is 14.7. The minimum absolute atomic E-state index is 0.198. The summed E-state index contributed by atoms with van der Waals surface area (Å²) in [5.74, 6) is 0.899. The van der Waals surface area contributed by atoms with Gasteiger partial charge < -0.3 is 15.6 Å². The predicted molar refractivity (Wildman–Crippen MR) is 80.8 cm³/mol. The number of aromatic amines is 1. The van der Waals surface area contributed by atoms with E-state index in [1.54, 1.807) is 18.1 Å². The van der Waals surface area contributed by atoms with Crippen LogP contribution in [0.1, 0.15) is 19.3 Å². The third-order valence-electron chi connectivity index (χ3n) is 3.64. The van der Waals surface area contributed by atoms with Gasteiger partial charge in [-0.05, 0) is 12.8 Å². The molecule has 1 aliphatic rings. The largest absolute Gasteiger partial charge is 0.343 e. The van der Waals surface area contributed by atoms with E-state index in [9.17, 15) is 4.79 Å². The Labute approximate surface area is 126 Å². The molecule has 8 heteroatoms. The number of thioether (sulfide) groups is 1. The van der Waals surface area contributed by atoms with Gasteiger partial charge in [-0.15, -0.1) is 11.8 Å². The van der Waals surface area contributed by atoms with Crippen LogP contribution in [0.5, 0.6) is 0 Å². The molecule has 0 spiro atoms. The molecule has 0 unspecified atom stereocenters. The van der Waals surface area contributed by atoms with Crippen LogP contribution in [0.25, 0.3) is 11.2 Å². The molecule has 112 valence electrons. The normalized spacial score (nSPS) is 16.5. The summed E-state index contributed by atoms with van der Waals surface area (Å²) in [6.45, 7) is 1.56. The molecule has 0 aromatic carbocycles. The molecule has 1 aliphatic heterocycles. The number of nitrogens with two attached hydrogens (primary N) is 1. The second kappa shape index (κ2) is 6.40. The van der Waals surface area contributed by atoms with E-state index in [0.717, 1.165) is 36.5 Å². The minimum atomic E-state index is 0.198. The maximum atomic E-state index is 12.1. The number of carbonyl (C=O) groups excluding carboxylic acids is 1. The Morgan fingerprint density at radius 2 is 2.19 bits per heavy atom. The highest BCUT2D eigenvalue weighted by atomic mass is 32.2. The number of rotatable bonds is 4. The van der Waals surface area contributed by atoms with Crippen molar-refractivity contribution in [1.29, 1.82) is 0 Å². The van der Waals surface area contributed by atoms with Crippen LogP contribution in [0.4, 0.5) is 0 Å². The first-order valence-corrected chi connectivity index (χ1v) is 8.03. The standard InChI is InChI=1S/C13H18N6OS/c14-9-1-4-19(5-2-9)10(20)3-6-21-13-11-12(16-7-15-11)17-8-18-13/h7-9H,1-6,14H2,(H,15,16,17,18). The van der Waals surface area contributed by atoms with Gasteiger partial charge in [0, 0.05) is 31.3 Å². The van der Waals surface area contributed by atoms with Crippen molar-refractivity contribution in [3.8, 4) is 0 Å². The highest BCUT2D eigenvalue weighted by Crippen LogP contribution is 2.22. The van der Waals surface area contributed by atoms with E-state index in [-0.39, 0.29) is 11.9 Å². The van der Waals surface area contributed by atoms with Crippen molar-refractivity contribution in [2.75, 3.05) is 18.8 Å². The van der Waals surface area contributed by atoms with Crippen molar-refractivity contribution in [2.24, 2.45) is 5.73 Å². The Morgan fingerprint density at radius 1 is 1.38 bits per heavy atom. The summed E-state index contributed by atoms with van der Waals surface area (Å²) in [6, 6.07) is 0.248. The van der Waals surface area contributed by atoms with Gasteiger partial charge in [0.1, 0.15) is 16.9 Å². The van der Waals surface area contributed by atoms with Gasteiger partial charge in [-0.25, -0.2) is 15.0 Å². The molecule has 0 atom stereocenters. The first-order chi connectivity index (χ1) is 10.2. The molecule has 1 saturated heterocycles. The maximum Gasteiger partial charge on any atom is 0.223 e. The number of amides is 1. The summed E-state index contributed by atoms with van der Waals surface area (Å²) >= 11 is 1.55. The molecule has 3 heterocycles. The van der Waals surface area contributed by atoms with Crippen molar-refractivity contribution in [1.82, 2.24) is 24.8 Å². The van der Waals surface area contributed by atoms with Crippen LogP contribution in [0.3, 0.4) is 0 Å². The topological polar surface area (TPSA) is 101 Å². The average molecular weight is 306 g/mol. The Hall–Kier alpha value is -1.67. The van der Waals surface area contributed by atoms with Gasteiger partial charge >= 0.3 is 0 Å². The van der Waals surface area contributed by atoms with Crippen LogP contribution >= 0.6 is 11.8 Å². The van der Waals surface area contributed by atoms with Gasteiger partial charge in [0.25, 0.3) is 0 Å². The molecule has 3 N–H and O–H groups in total. The van der Waals surface area contributed by atoms with E-state index in [0.29, 0.717) is 17.8 Å². The van der Waals surface area contributed by atoms with Crippen molar-refractivity contribution >= 4 is 28.8 Å². The van der Waals surface area contributed by atoms with E-state index >= 15 is 0 Å². The van der Waals surface area contributed by atoms with E-state index in [4.69, 9.17) is 5.73 Å². The van der Waals surface area contributed by atoms with Crippen LogP contribution < -0.4 is 5.73 Å². The summed E-state index contributed by atoms with van der Waals surface area (Å²) in [5.41, 5.74) is 7.34. The lowest BCUT2D eigenvalue weighted by molar-refractivity contribution is -0.131. The first kappa shape index (κ1) is 14.3. The lowest BCUT2D eigenvalue weighted by Crippen LogP contribution is -2.42. The third kappa shape index (κ3) is 3.33. The van der Waals surface area contributed by atoms with Gasteiger partial charge in [0.2, 0.25) is 5.91 Å². The minimum Gasteiger partial charge on any atom is -0.343 e. The Morgan fingerprint density at radius 3 is 3.00 bits per heavy atom. The highest BCUT2D eigenvalue weighted by molar-refractivity contribution is 7.99. The summed E-state index contributed by atoms with van der Waals surface area (Å²) in [7, 11) is 0. The summed E-state index contributed by atoms with van der Waals surface area (Å²) in [5, 5.41) is 0.839. The fraction of sp³-hybridized carbons (Fsp3) is 0.538. The van der Waals surface area contributed by atoms with Crippen LogP contribution in [0.15, 0.2) is 17.7 Å². The number of carbonyl (C=O) groups is 1. The van der Waals surface area contributed by atoms with E-state index < -0.39 is 0 Å². The van der Waals surface area contributed by atoms with Gasteiger partial charge in [0.05, 0.1) is 6.33 Å². The Kier molecular flexibility index (Phi) is 4.35. The number of H-pyrrole nitrogens is 1. The predicted octanol–water partition coefficient (Wildman–Crippen LogP) is 0.785. The SMILES string of the molecule is NC1CCN(C(=O)CCSc2ncnc3nc[nH]c23)CC1. The molecular weight excluding hydrogens is 288 g/mol. The summed E-state index contributed by atoms with van der Waals surface area (Å²) in [4.78, 5) is 29.5. The number of likely N-dealkylation sites (tertiary alicyclic amines) is 1. The summed E-state index contributed by atoms with van der Waals surface area (Å²) < 4.78 is 0. The number of hydrogen-bond donors (Lipinski definition) is 2. The third-order valence-corrected chi connectivity index (χ3v) is 4.63. The quantitative estimate of drug-likeness (QED) is 0.639. The van der Waals surface area contributed by atoms with Gasteiger partial charge in [-0.2, -0.15) is 0 Å². The molecule has 21 heavy (non-hydrogen) atoms. The number of piperidine rings is 1. The van der Waals surface area contributed by atoms with Crippen molar-refractivity contribution in [3.63, 3.8) is 0 Å². The second-order valence-electron chi connectivity index (χ2n) is 5.10. The molecule has 0 aliphatic carbocycles. The Bertz CT molecular complexity index is 622. The monoisotopic (exact) mass is 306 g/mol. The first-order valence-electron chi connectivity index (χ1n) is 7.04. The molecule has 3 rings (SSSR count). The zero-order valence-electron chi connectivity index (χ0n) is 11.7. The molecular formula is C13H18N6OS. The van der Waals surface area contributed by atoms with Gasteiger partial charge in [-0.1, -0.05) is 0 Å². The fourth-order valence-electron chi connectivity index (χ4n) is 2.39. The number of aromatic nitrogens is 4. The van der Waals surface area contributed by atoms with Crippen LogP contribution in [-0.2, 0) is 4.79 Å². The fourth-order valence-corrected chi connectivity index (χ4v) is 3.28. The molecule has 1 fully saturated rings. The smallest absolute Gasteiger partial charge is 0.223 e. The molecule has 7 nitrogen and oxygen atoms in total. The lowest BCUT2D eigenvalue weighted by Gasteiger charge is -2.30. The van der Waals surface area contributed by atoms with Crippen molar-refractivity contribution in [2.45, 2.75) is 30.3 Å². The Balaban J connectivity index is 1.52. The highest BCUT2D eigenvalue weighted by Gasteiger charge is 2.20. The van der Waals surface area contributed by atoms with Gasteiger partial charge in [-0.3, -0.25) is 4.79 Å². The van der Waals surface area contributed by atoms with Crippen molar-refractivity contribution in [3.05, 3.63) is 12.7 Å². The second-order valence-corrected chi connectivity index (χ2v) is 6.18. The van der Waals surface area contributed by atoms with E-state index in [1.807, 2.05) is 4.90 Å². The molecule has 2 aromatic heterocycles. The number of imidazole rings is 1. The van der Waals surface area contributed by atoms with Crippen LogP contribution in [0, 0.1) is 0 Å². The molecule has 0 saturated carbocycles. The van der Waals surface area contributed by atoms with E-state index in [2.05, 4.69) is 19.9 Å². The van der Waals surface area contributed by atoms with Crippen LogP contribution in [-0.4, -0.2) is 55.6 Å². The average Bonchev–Trinajstić information content (AvgIpc) is 2.97. The maximum absolute atomic E-state index is 12.1. The number of nitrogens with zero attached hydrogens (tertiary/aromatic N) is 4. The number of nitrogens with one attached hydrogen (secondary N) is 1. The molecule has 0 bridgehead atoms. The zero-order valence-corrected chi connectivity index (χ0v) is 12.5. The number of hydrogen-bond acceptors (Lipinski definition) is 6. The van der Waals surface area contributed by atoms with Crippen molar-refractivity contribution < 1.29 is 4.79 Å². The number of fused-ring (bicyclic) bond motifs is 1. The summed E-state index contributed by atoms with van der Waals surface area (Å²) in [6.07, 6.45) is 5.42.